The number of nitrogens with zero attached hydrogens (tertiary/aromatic N) is 2. The lowest BCUT2D eigenvalue weighted by atomic mass is 10.3. The molecule has 1 heterocycles. The highest BCUT2D eigenvalue weighted by molar-refractivity contribution is 5.88. The Balaban J connectivity index is 2.91. The van der Waals surface area contributed by atoms with E-state index in [-0.39, 0.29) is 11.3 Å². The first-order chi connectivity index (χ1) is 7.24. The largest absolute Gasteiger partial charge is 0.478 e. The molecule has 0 aliphatic heterocycles. The van der Waals surface area contributed by atoms with Gasteiger partial charge in [-0.25, -0.2) is 13.6 Å². The number of hydrogen-bond donors (Lipinski definition) is 1. The molecule has 1 aromatic rings. The molecule has 0 spiro atoms. The molecule has 90 valence electrons. The second kappa shape index (κ2) is 4.11. The van der Waals surface area contributed by atoms with Crippen LogP contribution in [0.2, 0.25) is 0 Å². The maximum Gasteiger partial charge on any atom is 0.339 e. The Morgan fingerprint density at radius 2 is 2.19 bits per heavy atom. The van der Waals surface area contributed by atoms with E-state index in [1.165, 1.54) is 6.92 Å². The van der Waals surface area contributed by atoms with Crippen molar-refractivity contribution < 1.29 is 27.5 Å². The van der Waals surface area contributed by atoms with E-state index in [0.29, 0.717) is 4.68 Å². The smallest absolute Gasteiger partial charge is 0.339 e. The monoisotopic (exact) mass is 240 g/mol. The Bertz CT molecular complexity index is 403. The average molecular weight is 240 g/mol. The van der Waals surface area contributed by atoms with Crippen LogP contribution in [0.5, 0.6) is 0 Å². The van der Waals surface area contributed by atoms with Crippen molar-refractivity contribution in [3.8, 4) is 0 Å². The van der Waals surface area contributed by atoms with E-state index in [9.17, 15) is 22.4 Å². The minimum atomic E-state index is -4.23. The van der Waals surface area contributed by atoms with Crippen LogP contribution >= 0.6 is 0 Å². The van der Waals surface area contributed by atoms with Gasteiger partial charge in [-0.1, -0.05) is 0 Å². The molecular formula is C8H8F4N2O2. The number of carbonyl (C=O) groups is 1. The van der Waals surface area contributed by atoms with Gasteiger partial charge < -0.3 is 5.11 Å². The predicted octanol–water partition coefficient (Wildman–Crippen LogP) is 1.79. The van der Waals surface area contributed by atoms with Crippen LogP contribution in [0.1, 0.15) is 16.1 Å². The molecular weight excluding hydrogens is 232 g/mol. The van der Waals surface area contributed by atoms with E-state index in [1.54, 1.807) is 0 Å². The number of aromatic nitrogens is 2. The number of alkyl halides is 4. The first-order valence-electron chi connectivity index (χ1n) is 4.17. The molecule has 0 amide bonds. The molecule has 0 unspecified atom stereocenters. The zero-order chi connectivity index (χ0) is 12.5. The van der Waals surface area contributed by atoms with Gasteiger partial charge in [0.25, 0.3) is 0 Å². The molecule has 0 aliphatic rings. The summed E-state index contributed by atoms with van der Waals surface area (Å²) in [5.74, 6) is -5.57. The first-order valence-corrected chi connectivity index (χ1v) is 4.17. The molecule has 0 aromatic carbocycles. The third kappa shape index (κ3) is 2.50. The van der Waals surface area contributed by atoms with E-state index >= 15 is 0 Å². The van der Waals surface area contributed by atoms with Gasteiger partial charge in [0.15, 0.2) is 0 Å². The average Bonchev–Trinajstić information content (AvgIpc) is 2.45. The van der Waals surface area contributed by atoms with E-state index in [4.69, 9.17) is 5.11 Å². The lowest BCUT2D eigenvalue weighted by molar-refractivity contribution is -0.139. The molecule has 1 rings (SSSR count). The van der Waals surface area contributed by atoms with E-state index in [2.05, 4.69) is 5.10 Å². The van der Waals surface area contributed by atoms with Crippen molar-refractivity contribution in [2.24, 2.45) is 0 Å². The molecule has 0 saturated heterocycles. The van der Waals surface area contributed by atoms with Crippen LogP contribution in [-0.4, -0.2) is 33.2 Å². The highest BCUT2D eigenvalue weighted by Crippen LogP contribution is 2.24. The number of hydrogen-bond acceptors (Lipinski definition) is 2. The zero-order valence-corrected chi connectivity index (χ0v) is 8.12. The number of carboxylic acid groups (broad SMARTS) is 1. The summed E-state index contributed by atoms with van der Waals surface area (Å²) in [5, 5.41) is 12.0. The van der Waals surface area contributed by atoms with Crippen LogP contribution in [-0.2, 0) is 6.54 Å². The number of aromatic carboxylic acids is 1. The topological polar surface area (TPSA) is 55.1 Å². The zero-order valence-electron chi connectivity index (χ0n) is 8.12. The van der Waals surface area contributed by atoms with Crippen molar-refractivity contribution in [1.82, 2.24) is 9.78 Å². The van der Waals surface area contributed by atoms with Gasteiger partial charge >= 0.3 is 18.3 Å². The minimum Gasteiger partial charge on any atom is -0.478 e. The van der Waals surface area contributed by atoms with Crippen LogP contribution < -0.4 is 0 Å². The lowest BCUT2D eigenvalue weighted by Crippen LogP contribution is -2.32. The Morgan fingerprint density at radius 1 is 1.62 bits per heavy atom. The third-order valence-electron chi connectivity index (χ3n) is 1.87. The van der Waals surface area contributed by atoms with Crippen molar-refractivity contribution in [1.29, 1.82) is 0 Å². The van der Waals surface area contributed by atoms with Crippen molar-refractivity contribution in [2.75, 3.05) is 0 Å². The van der Waals surface area contributed by atoms with Gasteiger partial charge in [0, 0.05) is 6.20 Å². The first kappa shape index (κ1) is 12.5. The molecule has 1 N–H and O–H groups in total. The van der Waals surface area contributed by atoms with Crippen molar-refractivity contribution in [3.05, 3.63) is 17.5 Å². The second-order valence-electron chi connectivity index (χ2n) is 3.19. The maximum absolute atomic E-state index is 12.6. The second-order valence-corrected chi connectivity index (χ2v) is 3.19. The maximum atomic E-state index is 12.6. The standard InChI is InChI=1S/C8H8F4N2O2/c1-4-5(6(15)16)2-14(13-4)3-8(11,12)7(9)10/h2,7H,3H2,1H3,(H,15,16). The molecule has 1 aromatic heterocycles. The molecule has 0 bridgehead atoms. The molecule has 0 aliphatic carbocycles. The summed E-state index contributed by atoms with van der Waals surface area (Å²) >= 11 is 0. The van der Waals surface area contributed by atoms with Gasteiger partial charge in [0.2, 0.25) is 0 Å². The van der Waals surface area contributed by atoms with Gasteiger partial charge in [0.1, 0.15) is 12.1 Å². The number of halogens is 4. The Labute approximate surface area is 87.5 Å². The molecule has 4 nitrogen and oxygen atoms in total. The van der Waals surface area contributed by atoms with Gasteiger partial charge in [-0.15, -0.1) is 0 Å². The highest BCUT2D eigenvalue weighted by Gasteiger charge is 2.41. The van der Waals surface area contributed by atoms with Crippen LogP contribution in [0.25, 0.3) is 0 Å². The predicted molar refractivity (Wildman–Crippen MR) is 44.9 cm³/mol. The quantitative estimate of drug-likeness (QED) is 0.816. The Morgan fingerprint density at radius 3 is 2.56 bits per heavy atom. The molecule has 0 fully saturated rings. The van der Waals surface area contributed by atoms with E-state index in [1.807, 2.05) is 0 Å². The number of aryl methyl sites for hydroxylation is 1. The summed E-state index contributed by atoms with van der Waals surface area (Å²) in [6.07, 6.45) is -3.01. The summed E-state index contributed by atoms with van der Waals surface area (Å²) < 4.78 is 49.5. The van der Waals surface area contributed by atoms with E-state index in [0.717, 1.165) is 6.20 Å². The summed E-state index contributed by atoms with van der Waals surface area (Å²) in [6, 6.07) is 0. The van der Waals surface area contributed by atoms with Crippen LogP contribution in [0, 0.1) is 6.92 Å². The molecule has 0 atom stereocenters. The highest BCUT2D eigenvalue weighted by atomic mass is 19.3. The normalized spacial score (nSPS) is 12.1. The molecule has 8 heteroatoms. The van der Waals surface area contributed by atoms with Gasteiger partial charge in [-0.3, -0.25) is 4.68 Å². The van der Waals surface area contributed by atoms with Crippen molar-refractivity contribution in [2.45, 2.75) is 25.8 Å². The lowest BCUT2D eigenvalue weighted by Gasteiger charge is -2.14. The van der Waals surface area contributed by atoms with Crippen molar-refractivity contribution >= 4 is 5.97 Å². The van der Waals surface area contributed by atoms with Crippen LogP contribution in [0.15, 0.2) is 6.20 Å². The Hall–Kier alpha value is -1.60. The minimum absolute atomic E-state index is 0.00225. The number of carboxylic acids is 1. The summed E-state index contributed by atoms with van der Waals surface area (Å²) in [4.78, 5) is 10.5. The molecule has 16 heavy (non-hydrogen) atoms. The van der Waals surface area contributed by atoms with E-state index < -0.39 is 24.9 Å². The van der Waals surface area contributed by atoms with Gasteiger partial charge in [-0.2, -0.15) is 13.9 Å². The summed E-state index contributed by atoms with van der Waals surface area (Å²) in [7, 11) is 0. The van der Waals surface area contributed by atoms with Gasteiger partial charge in [-0.05, 0) is 6.92 Å². The van der Waals surface area contributed by atoms with Gasteiger partial charge in [0.05, 0.1) is 5.69 Å². The van der Waals surface area contributed by atoms with Crippen LogP contribution in [0.3, 0.4) is 0 Å². The van der Waals surface area contributed by atoms with Crippen molar-refractivity contribution in [3.63, 3.8) is 0 Å². The summed E-state index contributed by atoms with van der Waals surface area (Å²) in [6.45, 7) is -0.0563. The molecule has 0 saturated carbocycles. The summed E-state index contributed by atoms with van der Waals surface area (Å²) in [5.41, 5.74) is -0.289. The fraction of sp³-hybridized carbons (Fsp3) is 0.500. The van der Waals surface area contributed by atoms with Crippen LogP contribution in [0.4, 0.5) is 17.6 Å². The Kier molecular flexibility index (Phi) is 3.20. The fourth-order valence-electron chi connectivity index (χ4n) is 1.09. The molecule has 0 radical (unpaired) electrons. The fourth-order valence-corrected chi connectivity index (χ4v) is 1.09. The third-order valence-corrected chi connectivity index (χ3v) is 1.87. The SMILES string of the molecule is Cc1nn(CC(F)(F)C(F)F)cc1C(=O)O. The number of rotatable bonds is 4.